The largest absolute Gasteiger partial charge is 0.493 e. The van der Waals surface area contributed by atoms with Crippen LogP contribution in [0, 0.1) is 5.92 Å². The van der Waals surface area contributed by atoms with Crippen molar-refractivity contribution in [1.29, 1.82) is 0 Å². The third kappa shape index (κ3) is 3.49. The lowest BCUT2D eigenvalue weighted by Gasteiger charge is -2.38. The number of anilines is 1. The van der Waals surface area contributed by atoms with E-state index in [0.717, 1.165) is 11.1 Å². The first-order chi connectivity index (χ1) is 20.5. The van der Waals surface area contributed by atoms with Crippen molar-refractivity contribution in [2.75, 3.05) is 19.5 Å². The standard InChI is InChI=1S/C35H28N2O5/c1-41-27-17-16-23(20-28(27)42-2)32(39)30-29(31(38)22-11-4-3-5-12-22)35(25-14-8-9-15-26(25)36-34(35)40)33-24-13-7-6-10-21(24)18-19-37(30)33/h3-20,29-30,33H,1-2H3,(H,36,40)/t29-,30+,33+,35-/m1/s1. The Morgan fingerprint density at radius 2 is 1.50 bits per heavy atom. The van der Waals surface area contributed by atoms with Gasteiger partial charge in [-0.2, -0.15) is 0 Å². The highest BCUT2D eigenvalue weighted by molar-refractivity contribution is 6.16. The van der Waals surface area contributed by atoms with Crippen LogP contribution in [0.3, 0.4) is 0 Å². The summed E-state index contributed by atoms with van der Waals surface area (Å²) in [4.78, 5) is 45.9. The molecular formula is C35H28N2O5. The van der Waals surface area contributed by atoms with Crippen LogP contribution < -0.4 is 14.8 Å². The number of Topliss-reactive ketones (excluding diaryl/α,β-unsaturated/α-hetero) is 2. The van der Waals surface area contributed by atoms with Crippen molar-refractivity contribution in [2.45, 2.75) is 17.5 Å². The Bertz CT molecular complexity index is 1780. The maximum absolute atomic E-state index is 14.8. The molecule has 0 aromatic heterocycles. The second-order valence-electron chi connectivity index (χ2n) is 10.7. The number of hydrogen-bond donors (Lipinski definition) is 1. The molecule has 0 aliphatic carbocycles. The topological polar surface area (TPSA) is 84.9 Å². The molecule has 7 heteroatoms. The number of ether oxygens (including phenoxy) is 2. The average Bonchev–Trinajstić information content (AvgIpc) is 3.52. The molecule has 1 spiro atoms. The summed E-state index contributed by atoms with van der Waals surface area (Å²) >= 11 is 0. The molecule has 3 heterocycles. The zero-order valence-electron chi connectivity index (χ0n) is 23.1. The minimum Gasteiger partial charge on any atom is -0.493 e. The van der Waals surface area contributed by atoms with Crippen LogP contribution in [-0.4, -0.2) is 42.6 Å². The number of nitrogens with one attached hydrogen (secondary N) is 1. The van der Waals surface area contributed by atoms with E-state index in [1.807, 2.05) is 71.8 Å². The molecule has 3 aliphatic rings. The molecule has 1 fully saturated rings. The maximum Gasteiger partial charge on any atom is 0.238 e. The van der Waals surface area contributed by atoms with E-state index in [2.05, 4.69) is 5.32 Å². The lowest BCUT2D eigenvalue weighted by Crippen LogP contribution is -2.49. The first-order valence-electron chi connectivity index (χ1n) is 13.8. The van der Waals surface area contributed by atoms with Crippen molar-refractivity contribution in [3.63, 3.8) is 0 Å². The Hall–Kier alpha value is -5.17. The minimum absolute atomic E-state index is 0.262. The molecule has 1 saturated heterocycles. The molecule has 4 atom stereocenters. The summed E-state index contributed by atoms with van der Waals surface area (Å²) in [5, 5.41) is 3.07. The van der Waals surface area contributed by atoms with E-state index in [4.69, 9.17) is 9.47 Å². The molecule has 0 saturated carbocycles. The van der Waals surface area contributed by atoms with Gasteiger partial charge in [0, 0.05) is 23.0 Å². The lowest BCUT2D eigenvalue weighted by atomic mass is 9.62. The fourth-order valence-electron chi connectivity index (χ4n) is 7.11. The van der Waals surface area contributed by atoms with E-state index in [1.54, 1.807) is 42.5 Å². The van der Waals surface area contributed by atoms with Gasteiger partial charge >= 0.3 is 0 Å². The SMILES string of the molecule is COc1ccc(C(=O)[C@@H]2[C@H](C(=O)c3ccccc3)[C@@]3(C(=O)Nc4ccccc43)[C@@H]3c4ccccc4C=CN23)cc1OC. The molecule has 1 N–H and O–H groups in total. The Morgan fingerprint density at radius 3 is 2.29 bits per heavy atom. The molecule has 0 radical (unpaired) electrons. The van der Waals surface area contributed by atoms with Gasteiger partial charge < -0.3 is 19.7 Å². The Kier molecular flexibility index (Phi) is 5.97. The van der Waals surface area contributed by atoms with Crippen molar-refractivity contribution in [3.8, 4) is 11.5 Å². The predicted molar refractivity (Wildman–Crippen MR) is 159 cm³/mol. The van der Waals surface area contributed by atoms with E-state index in [1.165, 1.54) is 14.2 Å². The van der Waals surface area contributed by atoms with E-state index >= 15 is 0 Å². The van der Waals surface area contributed by atoms with Crippen LogP contribution in [0.4, 0.5) is 5.69 Å². The van der Waals surface area contributed by atoms with Crippen LogP contribution >= 0.6 is 0 Å². The number of fused-ring (bicyclic) bond motifs is 6. The normalized spacial score (nSPS) is 23.1. The molecule has 1 amide bonds. The average molecular weight is 557 g/mol. The number of ketones is 2. The highest BCUT2D eigenvalue weighted by atomic mass is 16.5. The molecule has 3 aliphatic heterocycles. The molecular weight excluding hydrogens is 528 g/mol. The number of para-hydroxylation sites is 1. The van der Waals surface area contributed by atoms with E-state index in [-0.39, 0.29) is 17.5 Å². The highest BCUT2D eigenvalue weighted by Crippen LogP contribution is 2.62. The summed E-state index contributed by atoms with van der Waals surface area (Å²) < 4.78 is 10.9. The van der Waals surface area contributed by atoms with Crippen LogP contribution in [0.15, 0.2) is 103 Å². The van der Waals surface area contributed by atoms with Crippen molar-refractivity contribution in [2.24, 2.45) is 5.92 Å². The number of nitrogens with zero attached hydrogens (tertiary/aromatic N) is 1. The first-order valence-corrected chi connectivity index (χ1v) is 13.8. The Balaban J connectivity index is 1.52. The van der Waals surface area contributed by atoms with Gasteiger partial charge in [0.15, 0.2) is 23.1 Å². The smallest absolute Gasteiger partial charge is 0.238 e. The molecule has 7 nitrogen and oxygen atoms in total. The Morgan fingerprint density at radius 1 is 0.786 bits per heavy atom. The number of rotatable bonds is 6. The number of carbonyl (C=O) groups excluding carboxylic acids is 3. The van der Waals surface area contributed by atoms with Gasteiger partial charge in [0.05, 0.1) is 26.2 Å². The predicted octanol–water partition coefficient (Wildman–Crippen LogP) is 5.69. The second-order valence-corrected chi connectivity index (χ2v) is 10.7. The van der Waals surface area contributed by atoms with Gasteiger partial charge in [-0.25, -0.2) is 0 Å². The number of benzene rings is 4. The number of hydrogen-bond acceptors (Lipinski definition) is 6. The van der Waals surface area contributed by atoms with Crippen LogP contribution in [-0.2, 0) is 10.2 Å². The van der Waals surface area contributed by atoms with Crippen molar-refractivity contribution >= 4 is 29.2 Å². The van der Waals surface area contributed by atoms with Crippen molar-refractivity contribution < 1.29 is 23.9 Å². The zero-order valence-corrected chi connectivity index (χ0v) is 23.1. The molecule has 0 unspecified atom stereocenters. The number of carbonyl (C=O) groups is 3. The minimum atomic E-state index is -1.37. The van der Waals surface area contributed by atoms with Crippen LogP contribution in [0.25, 0.3) is 6.08 Å². The van der Waals surface area contributed by atoms with E-state index in [9.17, 15) is 14.4 Å². The summed E-state index contributed by atoms with van der Waals surface area (Å²) in [7, 11) is 3.05. The summed E-state index contributed by atoms with van der Waals surface area (Å²) in [5.74, 6) is -0.981. The number of methoxy groups -OCH3 is 2. The van der Waals surface area contributed by atoms with E-state index < -0.39 is 23.4 Å². The van der Waals surface area contributed by atoms with Crippen LogP contribution in [0.5, 0.6) is 11.5 Å². The third-order valence-electron chi connectivity index (χ3n) is 8.85. The van der Waals surface area contributed by atoms with Crippen molar-refractivity contribution in [1.82, 2.24) is 4.90 Å². The third-order valence-corrected chi connectivity index (χ3v) is 8.85. The van der Waals surface area contributed by atoms with Crippen molar-refractivity contribution in [3.05, 3.63) is 131 Å². The summed E-state index contributed by atoms with van der Waals surface area (Å²) in [6.07, 6.45) is 3.81. The van der Waals surface area contributed by atoms with Gasteiger partial charge in [0.1, 0.15) is 11.5 Å². The zero-order chi connectivity index (χ0) is 29.0. The number of amides is 1. The monoisotopic (exact) mass is 556 g/mol. The quantitative estimate of drug-likeness (QED) is 0.308. The lowest BCUT2D eigenvalue weighted by molar-refractivity contribution is -0.122. The van der Waals surface area contributed by atoms with Gasteiger partial charge in [-0.1, -0.05) is 72.8 Å². The summed E-state index contributed by atoms with van der Waals surface area (Å²) in [6.45, 7) is 0. The fraction of sp³-hybridized carbons (Fsp3) is 0.171. The van der Waals surface area contributed by atoms with E-state index in [0.29, 0.717) is 33.9 Å². The molecule has 208 valence electrons. The van der Waals surface area contributed by atoms with Gasteiger partial charge in [-0.15, -0.1) is 0 Å². The summed E-state index contributed by atoms with van der Waals surface area (Å²) in [6, 6.07) is 27.7. The molecule has 7 rings (SSSR count). The highest BCUT2D eigenvalue weighted by Gasteiger charge is 2.70. The van der Waals surface area contributed by atoms with Crippen LogP contribution in [0.2, 0.25) is 0 Å². The second kappa shape index (κ2) is 9.73. The van der Waals surface area contributed by atoms with Gasteiger partial charge in [0.25, 0.3) is 0 Å². The van der Waals surface area contributed by atoms with Crippen LogP contribution in [0.1, 0.15) is 43.4 Å². The molecule has 0 bridgehead atoms. The first kappa shape index (κ1) is 25.8. The Labute approximate surface area is 243 Å². The molecule has 4 aromatic rings. The summed E-state index contributed by atoms with van der Waals surface area (Å²) in [5.41, 5.74) is 2.63. The maximum atomic E-state index is 14.8. The molecule has 4 aromatic carbocycles. The van der Waals surface area contributed by atoms with Gasteiger partial charge in [-0.05, 0) is 47.0 Å². The van der Waals surface area contributed by atoms with Gasteiger partial charge in [-0.3, -0.25) is 14.4 Å². The fourth-order valence-corrected chi connectivity index (χ4v) is 7.11. The van der Waals surface area contributed by atoms with Gasteiger partial charge in [0.2, 0.25) is 5.91 Å². The molecule has 42 heavy (non-hydrogen) atoms.